The maximum atomic E-state index is 6.41. The summed E-state index contributed by atoms with van der Waals surface area (Å²) in [4.78, 5) is 45.4. The van der Waals surface area contributed by atoms with Crippen LogP contribution < -0.4 is 0 Å². The highest BCUT2D eigenvalue weighted by Gasteiger charge is 2.47. The first kappa shape index (κ1) is 87.2. The maximum Gasteiger partial charge on any atom is 0.167 e. The lowest BCUT2D eigenvalue weighted by Crippen LogP contribution is -2.27. The molecule has 3 spiro atoms. The van der Waals surface area contributed by atoms with Crippen molar-refractivity contribution in [3.8, 4) is 169 Å². The van der Waals surface area contributed by atoms with Gasteiger partial charge in [-0.3, -0.25) is 0 Å². The third-order valence-electron chi connectivity index (χ3n) is 32.2. The molecule has 6 aliphatic rings. The molecule has 0 aliphatic heterocycles. The Labute approximate surface area is 851 Å². The van der Waals surface area contributed by atoms with Crippen LogP contribution in [0.3, 0.4) is 0 Å². The van der Waals surface area contributed by atoms with Gasteiger partial charge in [0.15, 0.2) is 52.4 Å². The number of hydrogen-bond donors (Lipinski definition) is 0. The summed E-state index contributed by atoms with van der Waals surface area (Å²) in [6, 6.07) is 148. The maximum absolute atomic E-state index is 6.41. The number of para-hydroxylation sites is 4. The summed E-state index contributed by atoms with van der Waals surface area (Å²) in [5.41, 5.74) is 38.3. The first-order valence-electron chi connectivity index (χ1n) is 52.0. The van der Waals surface area contributed by atoms with Crippen molar-refractivity contribution in [2.24, 2.45) is 0 Å². The molecule has 0 N–H and O–H groups in total. The summed E-state index contributed by atoms with van der Waals surface area (Å²) in [7, 11) is 0. The molecule has 6 aromatic heterocycles. The Kier molecular flexibility index (Phi) is 21.4. The van der Waals surface area contributed by atoms with Crippen molar-refractivity contribution in [3.63, 3.8) is 0 Å². The summed E-state index contributed by atoms with van der Waals surface area (Å²) in [5.74, 6) is 5.68. The van der Waals surface area contributed by atoms with Gasteiger partial charge in [-0.2, -0.15) is 0 Å². The van der Waals surface area contributed by atoms with Crippen LogP contribution in [-0.2, 0) is 16.2 Å². The van der Waals surface area contributed by atoms with E-state index in [0.29, 0.717) is 52.4 Å². The lowest BCUT2D eigenvalue weighted by molar-refractivity contribution is 0.353. The third-order valence-corrected chi connectivity index (χ3v) is 32.2. The van der Waals surface area contributed by atoms with E-state index in [1.807, 2.05) is 170 Å². The first-order chi connectivity index (χ1) is 72.7. The van der Waals surface area contributed by atoms with Gasteiger partial charge >= 0.3 is 0 Å². The Morgan fingerprint density at radius 2 is 0.401 bits per heavy atom. The van der Waals surface area contributed by atoms with Crippen LogP contribution >= 0.6 is 0 Å². The molecular formula is C135H99N9O3. The van der Waals surface area contributed by atoms with Gasteiger partial charge in [-0.1, -0.05) is 385 Å². The molecule has 30 rings (SSSR count). The van der Waals surface area contributed by atoms with Crippen molar-refractivity contribution < 1.29 is 13.3 Å². The Morgan fingerprint density at radius 1 is 0.143 bits per heavy atom. The molecule has 0 radical (unpaired) electrons. The van der Waals surface area contributed by atoms with Crippen molar-refractivity contribution >= 4 is 65.8 Å². The van der Waals surface area contributed by atoms with Crippen LogP contribution in [0.25, 0.3) is 235 Å². The Hall–Kier alpha value is -17.6. The molecule has 0 atom stereocenters. The lowest BCUT2D eigenvalue weighted by atomic mass is 9.68. The second kappa shape index (κ2) is 36.1. The monoisotopic (exact) mass is 1890 g/mol. The molecule has 0 saturated heterocycles. The van der Waals surface area contributed by atoms with Crippen LogP contribution in [0.15, 0.2) is 432 Å². The van der Waals surface area contributed by atoms with Gasteiger partial charge < -0.3 is 13.3 Å². The van der Waals surface area contributed by atoms with Crippen molar-refractivity contribution in [2.75, 3.05) is 0 Å². The highest BCUT2D eigenvalue weighted by Crippen LogP contribution is 2.60. The summed E-state index contributed by atoms with van der Waals surface area (Å²) in [6.45, 7) is 0. The minimum absolute atomic E-state index is 0.155. The number of hydrogen-bond acceptors (Lipinski definition) is 12. The number of benzene rings is 18. The Bertz CT molecular complexity index is 9310. The van der Waals surface area contributed by atoms with Crippen molar-refractivity contribution in [1.82, 2.24) is 44.9 Å². The average Bonchev–Trinajstić information content (AvgIpc) is 1.56. The van der Waals surface area contributed by atoms with Gasteiger partial charge in [-0.15, -0.1) is 0 Å². The first-order valence-corrected chi connectivity index (χ1v) is 52.0. The lowest BCUT2D eigenvalue weighted by Gasteiger charge is -2.36. The highest BCUT2D eigenvalue weighted by molar-refractivity contribution is 6.10. The summed E-state index contributed by atoms with van der Waals surface area (Å²) < 4.78 is 18.7. The number of rotatable bonds is 12. The topological polar surface area (TPSA) is 155 Å². The van der Waals surface area contributed by atoms with Gasteiger partial charge in [0.25, 0.3) is 0 Å². The van der Waals surface area contributed by atoms with Gasteiger partial charge in [-0.05, 0) is 230 Å². The molecule has 147 heavy (non-hydrogen) atoms. The van der Waals surface area contributed by atoms with E-state index in [-0.39, 0.29) is 16.2 Å². The fourth-order valence-corrected chi connectivity index (χ4v) is 25.2. The van der Waals surface area contributed by atoms with Crippen LogP contribution in [0.2, 0.25) is 0 Å². The van der Waals surface area contributed by atoms with Crippen molar-refractivity contribution in [2.45, 2.75) is 113 Å². The van der Waals surface area contributed by atoms with Crippen LogP contribution in [-0.4, -0.2) is 44.9 Å². The van der Waals surface area contributed by atoms with E-state index in [2.05, 4.69) is 249 Å². The average molecular weight is 1900 g/mol. The number of fused-ring (bicyclic) bond motifs is 24. The molecule has 12 nitrogen and oxygen atoms in total. The molecule has 0 amide bonds. The zero-order valence-corrected chi connectivity index (χ0v) is 81.2. The molecular weight excluding hydrogens is 1800 g/mol. The summed E-state index contributed by atoms with van der Waals surface area (Å²) in [6.07, 6.45) is 19.2. The zero-order valence-electron chi connectivity index (χ0n) is 81.2. The SMILES string of the molecule is c1ccc(-c2nc(-c3cccc(-c4ccc5c(c4)-c4ccccc4C54CCCCC4)c3)nc(-c3ccc4c(c3)oc3ccccc34)n2)cc1.c1ccc(-c2nc(-c3cccc(-c4ccc5c(c4)-c4ccccc4C54CCCCC4)c3)nc(-c3ccc4oc5ccccc5c4c3)n2)cc1.c1ccc(-c2nc(-c3cccc(-c4ccc5c(c4)-c4ccccc4C54CCCCC4)c3)nc(-c3cccc4c3oc3ccccc34)n2)cc1. The molecule has 18 aromatic carbocycles. The van der Waals surface area contributed by atoms with E-state index >= 15 is 0 Å². The highest BCUT2D eigenvalue weighted by atomic mass is 16.3. The van der Waals surface area contributed by atoms with Crippen LogP contribution in [0.4, 0.5) is 0 Å². The largest absolute Gasteiger partial charge is 0.456 e. The van der Waals surface area contributed by atoms with Crippen LogP contribution in [0.1, 0.15) is 130 Å². The predicted molar refractivity (Wildman–Crippen MR) is 594 cm³/mol. The second-order valence-corrected chi connectivity index (χ2v) is 40.5. The quantitative estimate of drug-likeness (QED) is 0.114. The van der Waals surface area contributed by atoms with Crippen molar-refractivity contribution in [1.29, 1.82) is 0 Å². The van der Waals surface area contributed by atoms with Crippen molar-refractivity contribution in [3.05, 3.63) is 452 Å². The number of furan rings is 3. The molecule has 12 heteroatoms. The molecule has 702 valence electrons. The molecule has 24 aromatic rings. The van der Waals surface area contributed by atoms with E-state index in [1.165, 1.54) is 180 Å². The van der Waals surface area contributed by atoms with E-state index in [1.54, 1.807) is 0 Å². The molecule has 6 aliphatic carbocycles. The number of nitrogens with zero attached hydrogens (tertiary/aromatic N) is 9. The van der Waals surface area contributed by atoms with Gasteiger partial charge in [0.05, 0.1) is 5.56 Å². The summed E-state index contributed by atoms with van der Waals surface area (Å²) >= 11 is 0. The van der Waals surface area contributed by atoms with E-state index in [4.69, 9.17) is 58.1 Å². The molecule has 3 saturated carbocycles. The minimum atomic E-state index is 0.155. The standard InChI is InChI=1S/3C45H33N3O/c1-3-13-29(14-4-1)42-46-43(48-44(47-42)36-20-12-19-35-34-18-6-8-22-40(34)49-41(35)36)32-16-11-15-30(27-32)31-23-24-39-37(28-31)33-17-5-7-21-38(33)45(39)25-9-2-10-26-45;1-3-12-29(13-4-1)42-46-43(48-44(47-42)33-20-22-36-35-17-6-8-19-40(35)49-41(36)28-33)32-15-11-14-30(26-32)31-21-23-39-37(27-31)34-16-5-7-18-38(34)45(39)24-9-2-10-25-45;1-3-12-29(13-4-1)42-46-43(48-44(47-42)33-21-23-41-37(28-33)35-17-6-8-19-40(35)49-41)32-15-11-14-30(26-32)31-20-22-39-36(27-31)34-16-5-7-18-38(34)45(39)24-9-2-10-25-45/h1,3-8,11-24,27-28H,2,9-10,25-26H2;2*1,3-8,11-23,26-28H,2,9-10,24-25H2. The smallest absolute Gasteiger partial charge is 0.167 e. The van der Waals surface area contributed by atoms with Gasteiger partial charge in [0.1, 0.15) is 33.5 Å². The Morgan fingerprint density at radius 3 is 0.816 bits per heavy atom. The fraction of sp³-hybridized carbons (Fsp3) is 0.133. The molecule has 0 bridgehead atoms. The molecule has 0 unspecified atom stereocenters. The predicted octanol–water partition coefficient (Wildman–Crippen LogP) is 35.0. The third kappa shape index (κ3) is 15.2. The van der Waals surface area contributed by atoms with E-state index < -0.39 is 0 Å². The Balaban J connectivity index is 0.000000107. The molecule has 6 heterocycles. The fourth-order valence-electron chi connectivity index (χ4n) is 25.2. The van der Waals surface area contributed by atoms with Gasteiger partial charge in [0.2, 0.25) is 0 Å². The van der Waals surface area contributed by atoms with Gasteiger partial charge in [-0.25, -0.2) is 44.9 Å². The van der Waals surface area contributed by atoms with Gasteiger partial charge in [0, 0.05) is 93.1 Å². The summed E-state index contributed by atoms with van der Waals surface area (Å²) in [5, 5.41) is 6.44. The van der Waals surface area contributed by atoms with E-state index in [9.17, 15) is 0 Å². The number of aromatic nitrogens is 9. The van der Waals surface area contributed by atoms with Crippen LogP contribution in [0.5, 0.6) is 0 Å². The normalized spacial score (nSPS) is 14.7. The molecule has 3 fully saturated rings. The van der Waals surface area contributed by atoms with E-state index in [0.717, 1.165) is 133 Å². The zero-order chi connectivity index (χ0) is 97.1. The minimum Gasteiger partial charge on any atom is -0.456 e. The second-order valence-electron chi connectivity index (χ2n) is 40.5. The van der Waals surface area contributed by atoms with Crippen LogP contribution in [0, 0.1) is 0 Å².